The van der Waals surface area contributed by atoms with E-state index in [0.717, 1.165) is 44.8 Å². The van der Waals surface area contributed by atoms with Crippen molar-refractivity contribution in [2.75, 3.05) is 11.1 Å². The molecule has 0 atom stereocenters. The van der Waals surface area contributed by atoms with E-state index in [4.69, 9.17) is 10.5 Å². The second kappa shape index (κ2) is 9.01. The minimum absolute atomic E-state index is 0.112. The van der Waals surface area contributed by atoms with E-state index in [1.807, 2.05) is 6.07 Å². The SMILES string of the molecule is Nc1cc(OC2CC2)c(C(=O)Nc2cnc3cccnn23)cc1C=NC1CCC(C=O)CC1. The summed E-state index contributed by atoms with van der Waals surface area (Å²) in [4.78, 5) is 33.2. The van der Waals surface area contributed by atoms with Gasteiger partial charge >= 0.3 is 0 Å². The van der Waals surface area contributed by atoms with Crippen molar-refractivity contribution in [1.29, 1.82) is 0 Å². The molecule has 3 aromatic rings. The van der Waals surface area contributed by atoms with Crippen LogP contribution in [0.2, 0.25) is 0 Å². The Balaban J connectivity index is 1.40. The lowest BCUT2D eigenvalue weighted by atomic mass is 9.87. The third-order valence-corrected chi connectivity index (χ3v) is 6.13. The number of nitrogens with one attached hydrogen (secondary N) is 1. The molecule has 0 unspecified atom stereocenters. The van der Waals surface area contributed by atoms with Gasteiger partial charge in [-0.25, -0.2) is 4.98 Å². The number of nitrogens with two attached hydrogens (primary N) is 1. The predicted molar refractivity (Wildman–Crippen MR) is 125 cm³/mol. The van der Waals surface area contributed by atoms with Gasteiger partial charge in [0, 0.05) is 41.7 Å². The molecule has 0 radical (unpaired) electrons. The van der Waals surface area contributed by atoms with Gasteiger partial charge in [-0.3, -0.25) is 9.79 Å². The van der Waals surface area contributed by atoms with Gasteiger partial charge in [0.2, 0.25) is 0 Å². The maximum absolute atomic E-state index is 13.2. The van der Waals surface area contributed by atoms with Crippen molar-refractivity contribution < 1.29 is 14.3 Å². The van der Waals surface area contributed by atoms with Crippen LogP contribution in [0.4, 0.5) is 11.5 Å². The van der Waals surface area contributed by atoms with E-state index in [9.17, 15) is 9.59 Å². The molecule has 0 saturated heterocycles. The fourth-order valence-corrected chi connectivity index (χ4v) is 4.04. The van der Waals surface area contributed by atoms with Crippen molar-refractivity contribution in [3.8, 4) is 5.75 Å². The van der Waals surface area contributed by atoms with E-state index in [1.165, 1.54) is 0 Å². The molecule has 9 nitrogen and oxygen atoms in total. The van der Waals surface area contributed by atoms with Crippen LogP contribution in [0.5, 0.6) is 5.75 Å². The fraction of sp³-hybridized carbons (Fsp3) is 0.375. The van der Waals surface area contributed by atoms with Gasteiger partial charge in [-0.05, 0) is 56.7 Å². The molecule has 2 saturated carbocycles. The highest BCUT2D eigenvalue weighted by Crippen LogP contribution is 2.33. The van der Waals surface area contributed by atoms with Gasteiger partial charge in [-0.1, -0.05) is 0 Å². The monoisotopic (exact) mass is 446 g/mol. The Bertz CT molecular complexity index is 1210. The average Bonchev–Trinajstić information content (AvgIpc) is 3.57. The number of benzene rings is 1. The van der Waals surface area contributed by atoms with Gasteiger partial charge in [-0.2, -0.15) is 9.61 Å². The molecule has 2 fully saturated rings. The molecule has 2 aromatic heterocycles. The van der Waals surface area contributed by atoms with Crippen molar-refractivity contribution in [1.82, 2.24) is 14.6 Å². The molecule has 0 spiro atoms. The molecule has 5 rings (SSSR count). The number of anilines is 2. The number of aliphatic imine (C=N–C) groups is 1. The van der Waals surface area contributed by atoms with E-state index in [1.54, 1.807) is 41.3 Å². The van der Waals surface area contributed by atoms with Crippen LogP contribution in [0.1, 0.15) is 54.4 Å². The molecule has 2 aliphatic carbocycles. The number of nitrogen functional groups attached to an aromatic ring is 1. The van der Waals surface area contributed by atoms with Crippen molar-refractivity contribution in [2.24, 2.45) is 10.9 Å². The zero-order valence-electron chi connectivity index (χ0n) is 18.2. The number of rotatable bonds is 7. The minimum atomic E-state index is -0.334. The van der Waals surface area contributed by atoms with Crippen molar-refractivity contribution in [3.05, 3.63) is 47.8 Å². The maximum atomic E-state index is 13.2. The summed E-state index contributed by atoms with van der Waals surface area (Å²) in [6.07, 6.45) is 11.5. The zero-order chi connectivity index (χ0) is 22.8. The number of imidazole rings is 1. The highest BCUT2D eigenvalue weighted by atomic mass is 16.5. The van der Waals surface area contributed by atoms with Crippen molar-refractivity contribution in [3.63, 3.8) is 0 Å². The van der Waals surface area contributed by atoms with Gasteiger partial charge < -0.3 is 20.6 Å². The Morgan fingerprint density at radius 3 is 2.79 bits per heavy atom. The summed E-state index contributed by atoms with van der Waals surface area (Å²) in [6.45, 7) is 0. The molecule has 0 bridgehead atoms. The Labute approximate surface area is 191 Å². The van der Waals surface area contributed by atoms with E-state index < -0.39 is 0 Å². The topological polar surface area (TPSA) is 124 Å². The third-order valence-electron chi connectivity index (χ3n) is 6.13. The van der Waals surface area contributed by atoms with Gasteiger partial charge in [0.1, 0.15) is 12.0 Å². The number of aromatic nitrogens is 3. The molecule has 9 heteroatoms. The zero-order valence-corrected chi connectivity index (χ0v) is 18.2. The first kappa shape index (κ1) is 21.1. The first-order valence-corrected chi connectivity index (χ1v) is 11.3. The van der Waals surface area contributed by atoms with Gasteiger partial charge in [0.15, 0.2) is 11.5 Å². The van der Waals surface area contributed by atoms with Crippen LogP contribution in [0.15, 0.2) is 41.7 Å². The number of aldehydes is 1. The molecule has 33 heavy (non-hydrogen) atoms. The summed E-state index contributed by atoms with van der Waals surface area (Å²) in [6, 6.07) is 7.17. The van der Waals surface area contributed by atoms with Crippen molar-refractivity contribution in [2.45, 2.75) is 50.7 Å². The largest absolute Gasteiger partial charge is 0.490 e. The third kappa shape index (κ3) is 4.72. The van der Waals surface area contributed by atoms with Crippen LogP contribution in [-0.2, 0) is 4.79 Å². The highest BCUT2D eigenvalue weighted by Gasteiger charge is 2.27. The molecule has 2 aliphatic rings. The second-order valence-corrected chi connectivity index (χ2v) is 8.67. The van der Waals surface area contributed by atoms with Gasteiger partial charge in [-0.15, -0.1) is 0 Å². The summed E-state index contributed by atoms with van der Waals surface area (Å²) in [5.74, 6) is 0.730. The number of carbonyl (C=O) groups is 2. The number of amides is 1. The average molecular weight is 447 g/mol. The van der Waals surface area contributed by atoms with Crippen LogP contribution in [-0.4, -0.2) is 45.2 Å². The number of ether oxygens (including phenoxy) is 1. The van der Waals surface area contributed by atoms with Crippen LogP contribution in [0, 0.1) is 5.92 Å². The molecular weight excluding hydrogens is 420 g/mol. The van der Waals surface area contributed by atoms with Crippen LogP contribution < -0.4 is 15.8 Å². The number of carbonyl (C=O) groups excluding carboxylic acids is 2. The van der Waals surface area contributed by atoms with E-state index in [2.05, 4.69) is 20.4 Å². The molecule has 1 amide bonds. The summed E-state index contributed by atoms with van der Waals surface area (Å²) >= 11 is 0. The molecule has 170 valence electrons. The number of fused-ring (bicyclic) bond motifs is 1. The first-order valence-electron chi connectivity index (χ1n) is 11.3. The minimum Gasteiger partial charge on any atom is -0.490 e. The summed E-state index contributed by atoms with van der Waals surface area (Å²) < 4.78 is 7.55. The maximum Gasteiger partial charge on any atom is 0.260 e. The molecule has 2 heterocycles. The van der Waals surface area contributed by atoms with Crippen LogP contribution in [0.25, 0.3) is 5.65 Å². The lowest BCUT2D eigenvalue weighted by Crippen LogP contribution is -2.18. The number of hydrogen-bond donors (Lipinski definition) is 2. The second-order valence-electron chi connectivity index (χ2n) is 8.67. The standard InChI is InChI=1S/C24H26N6O3/c25-20-11-21(33-18-7-8-18)19(10-16(20)12-26-17-5-3-15(14-31)4-6-17)24(32)29-23-13-27-22-2-1-9-28-30(22)23/h1-2,9-15,17-18H,3-8,25H2,(H,29,32). The van der Waals surface area contributed by atoms with Gasteiger partial charge in [0.25, 0.3) is 5.91 Å². The normalized spacial score (nSPS) is 20.7. The smallest absolute Gasteiger partial charge is 0.260 e. The lowest BCUT2D eigenvalue weighted by Gasteiger charge is -2.22. The highest BCUT2D eigenvalue weighted by molar-refractivity contribution is 6.07. The van der Waals surface area contributed by atoms with E-state index in [0.29, 0.717) is 34.0 Å². The van der Waals surface area contributed by atoms with Gasteiger partial charge in [0.05, 0.1) is 17.9 Å². The van der Waals surface area contributed by atoms with Crippen molar-refractivity contribution >= 4 is 35.6 Å². The lowest BCUT2D eigenvalue weighted by molar-refractivity contribution is -0.111. The van der Waals surface area contributed by atoms with Crippen LogP contribution >= 0.6 is 0 Å². The molecular formula is C24H26N6O3. The summed E-state index contributed by atoms with van der Waals surface area (Å²) in [5, 5.41) is 7.12. The summed E-state index contributed by atoms with van der Waals surface area (Å²) in [7, 11) is 0. The predicted octanol–water partition coefficient (Wildman–Crippen LogP) is 3.28. The Hall–Kier alpha value is -3.75. The van der Waals surface area contributed by atoms with Crippen LogP contribution in [0.3, 0.4) is 0 Å². The Morgan fingerprint density at radius 2 is 2.03 bits per heavy atom. The molecule has 3 N–H and O–H groups in total. The first-order chi connectivity index (χ1) is 16.1. The number of hydrogen-bond acceptors (Lipinski definition) is 7. The van der Waals surface area contributed by atoms with E-state index in [-0.39, 0.29) is 24.0 Å². The quantitative estimate of drug-likeness (QED) is 0.326. The van der Waals surface area contributed by atoms with E-state index >= 15 is 0 Å². The Morgan fingerprint density at radius 1 is 1.21 bits per heavy atom. The number of nitrogens with zero attached hydrogens (tertiary/aromatic N) is 4. The molecule has 1 aromatic carbocycles. The fourth-order valence-electron chi connectivity index (χ4n) is 4.04. The Kier molecular flexibility index (Phi) is 5.77. The summed E-state index contributed by atoms with van der Waals surface area (Å²) in [5.41, 5.74) is 8.47. The molecule has 0 aliphatic heterocycles.